The first-order valence-corrected chi connectivity index (χ1v) is 11.6. The lowest BCUT2D eigenvalue weighted by Crippen LogP contribution is -2.41. The molecular formula is C19H20N4O5S2. The number of ether oxygens (including phenoxy) is 1. The number of nitrogens with one attached hydrogen (secondary N) is 1. The Labute approximate surface area is 177 Å². The summed E-state index contributed by atoms with van der Waals surface area (Å²) in [5.41, 5.74) is 0.675. The average Bonchev–Trinajstić information content (AvgIpc) is 3.47. The summed E-state index contributed by atoms with van der Waals surface area (Å²) in [5.74, 6) is 0.331. The fourth-order valence-electron chi connectivity index (χ4n) is 3.25. The van der Waals surface area contributed by atoms with Crippen LogP contribution in [0.5, 0.6) is 5.75 Å². The topological polar surface area (TPSA) is 115 Å². The highest BCUT2D eigenvalue weighted by Gasteiger charge is 2.33. The van der Waals surface area contributed by atoms with Gasteiger partial charge in [0, 0.05) is 24.6 Å². The molecule has 1 saturated heterocycles. The van der Waals surface area contributed by atoms with E-state index in [1.807, 2.05) is 0 Å². The van der Waals surface area contributed by atoms with E-state index in [9.17, 15) is 13.2 Å². The number of methoxy groups -OCH3 is 1. The molecule has 3 aromatic rings. The fourth-order valence-corrected chi connectivity index (χ4v) is 5.86. The van der Waals surface area contributed by atoms with Crippen LogP contribution in [0.15, 0.2) is 50.4 Å². The quantitative estimate of drug-likeness (QED) is 0.617. The van der Waals surface area contributed by atoms with Crippen molar-refractivity contribution in [1.29, 1.82) is 0 Å². The summed E-state index contributed by atoms with van der Waals surface area (Å²) >= 11 is 1.19. The van der Waals surface area contributed by atoms with Crippen molar-refractivity contribution in [2.45, 2.75) is 17.1 Å². The van der Waals surface area contributed by atoms with Gasteiger partial charge in [-0.2, -0.15) is 4.31 Å². The van der Waals surface area contributed by atoms with Gasteiger partial charge in [-0.25, -0.2) is 8.42 Å². The Kier molecular flexibility index (Phi) is 5.84. The summed E-state index contributed by atoms with van der Waals surface area (Å²) in [5, 5.41) is 12.2. The molecule has 1 N–H and O–H groups in total. The van der Waals surface area contributed by atoms with Gasteiger partial charge in [-0.1, -0.05) is 17.2 Å². The summed E-state index contributed by atoms with van der Waals surface area (Å²) in [7, 11) is -1.93. The molecule has 0 saturated carbocycles. The SMILES string of the molecule is COc1cccc(-c2nnc(NC(=O)C3CCN(S(=O)(=O)c4cccs4)CC3)o2)c1. The molecule has 1 aliphatic rings. The van der Waals surface area contributed by atoms with Crippen LogP contribution in [0.25, 0.3) is 11.5 Å². The first-order chi connectivity index (χ1) is 14.5. The number of sulfonamides is 1. The minimum absolute atomic E-state index is 0.00598. The molecule has 0 unspecified atom stereocenters. The van der Waals surface area contributed by atoms with E-state index in [-0.39, 0.29) is 36.8 Å². The maximum Gasteiger partial charge on any atom is 0.322 e. The number of amides is 1. The van der Waals surface area contributed by atoms with Crippen LogP contribution >= 0.6 is 11.3 Å². The number of hydrogen-bond donors (Lipinski definition) is 1. The highest BCUT2D eigenvalue weighted by molar-refractivity contribution is 7.91. The van der Waals surface area contributed by atoms with Crippen molar-refractivity contribution in [2.75, 3.05) is 25.5 Å². The van der Waals surface area contributed by atoms with E-state index in [1.165, 1.54) is 15.6 Å². The van der Waals surface area contributed by atoms with Crippen molar-refractivity contribution in [2.24, 2.45) is 5.92 Å². The highest BCUT2D eigenvalue weighted by Crippen LogP contribution is 2.28. The van der Waals surface area contributed by atoms with Gasteiger partial charge in [-0.15, -0.1) is 16.4 Å². The zero-order valence-corrected chi connectivity index (χ0v) is 17.8. The number of nitrogens with zero attached hydrogens (tertiary/aromatic N) is 3. The lowest BCUT2D eigenvalue weighted by molar-refractivity contribution is -0.121. The third-order valence-electron chi connectivity index (χ3n) is 4.89. The number of carbonyl (C=O) groups excluding carboxylic acids is 1. The number of carbonyl (C=O) groups is 1. The van der Waals surface area contributed by atoms with Gasteiger partial charge in [0.15, 0.2) is 0 Å². The average molecular weight is 449 g/mol. The van der Waals surface area contributed by atoms with E-state index in [1.54, 1.807) is 48.9 Å². The first-order valence-electron chi connectivity index (χ1n) is 9.30. The molecule has 1 fully saturated rings. The Balaban J connectivity index is 1.36. The molecule has 0 spiro atoms. The van der Waals surface area contributed by atoms with Gasteiger partial charge in [-0.3, -0.25) is 10.1 Å². The second kappa shape index (κ2) is 8.54. The number of piperidine rings is 1. The van der Waals surface area contributed by atoms with Crippen LogP contribution in [0.4, 0.5) is 6.01 Å². The zero-order valence-electron chi connectivity index (χ0n) is 16.1. The Bertz CT molecular complexity index is 1120. The van der Waals surface area contributed by atoms with Crippen molar-refractivity contribution in [3.8, 4) is 17.2 Å². The number of aromatic nitrogens is 2. The van der Waals surface area contributed by atoms with Gasteiger partial charge in [0.05, 0.1) is 7.11 Å². The molecule has 0 radical (unpaired) electrons. The monoisotopic (exact) mass is 448 g/mol. The van der Waals surface area contributed by atoms with Gasteiger partial charge in [-0.05, 0) is 42.5 Å². The molecular weight excluding hydrogens is 428 g/mol. The van der Waals surface area contributed by atoms with Crippen LogP contribution in [0, 0.1) is 5.92 Å². The van der Waals surface area contributed by atoms with Crippen LogP contribution < -0.4 is 10.1 Å². The molecule has 9 nitrogen and oxygen atoms in total. The summed E-state index contributed by atoms with van der Waals surface area (Å²) in [6.07, 6.45) is 0.848. The zero-order chi connectivity index (χ0) is 21.1. The Hall–Kier alpha value is -2.76. The first kappa shape index (κ1) is 20.5. The summed E-state index contributed by atoms with van der Waals surface area (Å²) in [4.78, 5) is 12.6. The molecule has 1 aromatic carbocycles. The maximum absolute atomic E-state index is 12.6. The third kappa shape index (κ3) is 4.23. The van der Waals surface area contributed by atoms with E-state index >= 15 is 0 Å². The van der Waals surface area contributed by atoms with E-state index < -0.39 is 10.0 Å². The third-order valence-corrected chi connectivity index (χ3v) is 8.16. The highest BCUT2D eigenvalue weighted by atomic mass is 32.2. The molecule has 11 heteroatoms. The number of anilines is 1. The van der Waals surface area contributed by atoms with Gasteiger partial charge in [0.2, 0.25) is 11.8 Å². The predicted molar refractivity (Wildman–Crippen MR) is 111 cm³/mol. The second-order valence-electron chi connectivity index (χ2n) is 6.74. The molecule has 0 bridgehead atoms. The summed E-state index contributed by atoms with van der Waals surface area (Å²) < 4.78 is 37.7. The molecule has 3 heterocycles. The van der Waals surface area contributed by atoms with Crippen molar-refractivity contribution in [3.63, 3.8) is 0 Å². The Morgan fingerprint density at radius 1 is 1.23 bits per heavy atom. The molecule has 4 rings (SSSR count). The normalized spacial score (nSPS) is 15.8. The van der Waals surface area contributed by atoms with Crippen LogP contribution in [0.3, 0.4) is 0 Å². The van der Waals surface area contributed by atoms with Crippen LogP contribution in [-0.4, -0.2) is 49.0 Å². The van der Waals surface area contributed by atoms with Gasteiger partial charge in [0.25, 0.3) is 10.0 Å². The number of rotatable bonds is 6. The maximum atomic E-state index is 12.6. The van der Waals surface area contributed by atoms with Gasteiger partial charge < -0.3 is 9.15 Å². The lowest BCUT2D eigenvalue weighted by atomic mass is 9.97. The smallest absolute Gasteiger partial charge is 0.322 e. The van der Waals surface area contributed by atoms with E-state index in [0.717, 1.165) is 0 Å². The van der Waals surface area contributed by atoms with Crippen molar-refractivity contribution < 1.29 is 22.4 Å². The molecule has 0 atom stereocenters. The Morgan fingerprint density at radius 3 is 2.73 bits per heavy atom. The van der Waals surface area contributed by atoms with E-state index in [0.29, 0.717) is 28.4 Å². The molecule has 158 valence electrons. The van der Waals surface area contributed by atoms with Crippen molar-refractivity contribution in [3.05, 3.63) is 41.8 Å². The fraction of sp³-hybridized carbons (Fsp3) is 0.316. The van der Waals surface area contributed by atoms with Crippen LogP contribution in [-0.2, 0) is 14.8 Å². The van der Waals surface area contributed by atoms with Gasteiger partial charge >= 0.3 is 6.01 Å². The van der Waals surface area contributed by atoms with Crippen LogP contribution in [0.2, 0.25) is 0 Å². The van der Waals surface area contributed by atoms with Gasteiger partial charge in [0.1, 0.15) is 9.96 Å². The molecule has 2 aromatic heterocycles. The number of benzene rings is 1. The minimum atomic E-state index is -3.49. The number of hydrogen-bond acceptors (Lipinski definition) is 8. The summed E-state index contributed by atoms with van der Waals surface area (Å²) in [6, 6.07) is 10.5. The minimum Gasteiger partial charge on any atom is -0.497 e. The number of thiophene rings is 1. The van der Waals surface area contributed by atoms with Crippen molar-refractivity contribution in [1.82, 2.24) is 14.5 Å². The van der Waals surface area contributed by atoms with Crippen LogP contribution in [0.1, 0.15) is 12.8 Å². The Morgan fingerprint density at radius 2 is 2.03 bits per heavy atom. The molecule has 0 aliphatic carbocycles. The molecule has 1 amide bonds. The largest absolute Gasteiger partial charge is 0.497 e. The van der Waals surface area contributed by atoms with E-state index in [4.69, 9.17) is 9.15 Å². The second-order valence-corrected chi connectivity index (χ2v) is 9.86. The van der Waals surface area contributed by atoms with E-state index in [2.05, 4.69) is 15.5 Å². The predicted octanol–water partition coefficient (Wildman–Crippen LogP) is 2.85. The lowest BCUT2D eigenvalue weighted by Gasteiger charge is -2.29. The molecule has 1 aliphatic heterocycles. The molecule has 30 heavy (non-hydrogen) atoms. The standard InChI is InChI=1S/C19H20N4O5S2/c1-27-15-5-2-4-14(12-15)18-21-22-19(28-18)20-17(24)13-7-9-23(10-8-13)30(25,26)16-6-3-11-29-16/h2-6,11-13H,7-10H2,1H3,(H,20,22,24). The van der Waals surface area contributed by atoms with Crippen molar-refractivity contribution >= 4 is 33.3 Å². The summed E-state index contributed by atoms with van der Waals surface area (Å²) in [6.45, 7) is 0.578.